The minimum absolute atomic E-state index is 0.113. The summed E-state index contributed by atoms with van der Waals surface area (Å²) < 4.78 is 58.7. The second-order valence-electron chi connectivity index (χ2n) is 5.40. The molecule has 7 nitrogen and oxygen atoms in total. The van der Waals surface area contributed by atoms with Crippen LogP contribution in [0.2, 0.25) is 5.02 Å². The third-order valence-corrected chi connectivity index (χ3v) is 6.65. The van der Waals surface area contributed by atoms with Gasteiger partial charge in [-0.1, -0.05) is 29.3 Å². The van der Waals surface area contributed by atoms with Gasteiger partial charge in [0.25, 0.3) is 0 Å². The van der Waals surface area contributed by atoms with Crippen molar-refractivity contribution >= 4 is 31.6 Å². The van der Waals surface area contributed by atoms with E-state index in [2.05, 4.69) is 9.44 Å². The molecule has 0 aliphatic carbocycles. The zero-order valence-electron chi connectivity index (χ0n) is 14.2. The summed E-state index contributed by atoms with van der Waals surface area (Å²) in [5.41, 5.74) is 0.937. The van der Waals surface area contributed by atoms with E-state index >= 15 is 0 Å². The summed E-state index contributed by atoms with van der Waals surface area (Å²) in [5, 5.41) is 0.242. The first kappa shape index (κ1) is 20.7. The van der Waals surface area contributed by atoms with Gasteiger partial charge in [-0.2, -0.15) is 0 Å². The first-order valence-corrected chi connectivity index (χ1v) is 10.9. The Morgan fingerprint density at radius 1 is 0.923 bits per heavy atom. The molecule has 142 valence electrons. The number of aryl methyl sites for hydroxylation is 1. The van der Waals surface area contributed by atoms with Gasteiger partial charge in [0, 0.05) is 18.1 Å². The summed E-state index contributed by atoms with van der Waals surface area (Å²) in [6, 6.07) is 10.5. The zero-order chi connectivity index (χ0) is 19.4. The molecule has 0 saturated heterocycles. The second kappa shape index (κ2) is 8.36. The Bertz CT molecular complexity index is 974. The smallest absolute Gasteiger partial charge is 0.244 e. The van der Waals surface area contributed by atoms with E-state index in [0.29, 0.717) is 0 Å². The number of benzene rings is 2. The number of nitrogens with one attached hydrogen (secondary N) is 2. The monoisotopic (exact) mass is 418 g/mol. The molecule has 2 aromatic rings. The van der Waals surface area contributed by atoms with Crippen LogP contribution in [0.3, 0.4) is 0 Å². The van der Waals surface area contributed by atoms with Crippen molar-refractivity contribution in [2.75, 3.05) is 20.2 Å². The van der Waals surface area contributed by atoms with Crippen molar-refractivity contribution in [3.63, 3.8) is 0 Å². The van der Waals surface area contributed by atoms with Gasteiger partial charge >= 0.3 is 0 Å². The van der Waals surface area contributed by atoms with E-state index in [0.717, 1.165) is 5.56 Å². The lowest BCUT2D eigenvalue weighted by molar-refractivity contribution is 0.402. The molecule has 10 heteroatoms. The van der Waals surface area contributed by atoms with Crippen LogP contribution in [0.4, 0.5) is 0 Å². The van der Waals surface area contributed by atoms with Gasteiger partial charge in [0.15, 0.2) is 0 Å². The fourth-order valence-electron chi connectivity index (χ4n) is 2.11. The van der Waals surface area contributed by atoms with Crippen molar-refractivity contribution in [3.8, 4) is 5.75 Å². The van der Waals surface area contributed by atoms with E-state index in [1.807, 2.05) is 6.92 Å². The third kappa shape index (κ3) is 5.18. The van der Waals surface area contributed by atoms with E-state index in [9.17, 15) is 16.8 Å². The Kier molecular flexibility index (Phi) is 6.64. The molecule has 0 fully saturated rings. The Balaban J connectivity index is 2.01. The molecule has 0 saturated carbocycles. The van der Waals surface area contributed by atoms with Crippen LogP contribution >= 0.6 is 11.6 Å². The average molecular weight is 419 g/mol. The SMILES string of the molecule is COc1ccc(Cl)cc1S(=O)(=O)NCCNS(=O)(=O)c1ccc(C)cc1. The van der Waals surface area contributed by atoms with Crippen LogP contribution in [-0.4, -0.2) is 37.0 Å². The van der Waals surface area contributed by atoms with E-state index in [1.165, 1.54) is 37.4 Å². The van der Waals surface area contributed by atoms with Crippen LogP contribution in [0, 0.1) is 6.92 Å². The molecule has 0 aliphatic rings. The van der Waals surface area contributed by atoms with Gasteiger partial charge in [0.1, 0.15) is 10.6 Å². The maximum atomic E-state index is 12.4. The van der Waals surface area contributed by atoms with Crippen LogP contribution in [0.25, 0.3) is 0 Å². The van der Waals surface area contributed by atoms with E-state index in [-0.39, 0.29) is 33.7 Å². The first-order valence-electron chi connectivity index (χ1n) is 7.55. The summed E-state index contributed by atoms with van der Waals surface area (Å²) >= 11 is 5.84. The average Bonchev–Trinajstić information content (AvgIpc) is 2.59. The quantitative estimate of drug-likeness (QED) is 0.637. The number of rotatable bonds is 8. The van der Waals surface area contributed by atoms with Crippen LogP contribution in [0.1, 0.15) is 5.56 Å². The molecule has 0 aliphatic heterocycles. The number of hydrogen-bond acceptors (Lipinski definition) is 5. The van der Waals surface area contributed by atoms with Crippen LogP contribution in [-0.2, 0) is 20.0 Å². The normalized spacial score (nSPS) is 12.1. The summed E-state index contributed by atoms with van der Waals surface area (Å²) in [5.74, 6) is 0.141. The van der Waals surface area contributed by atoms with Gasteiger partial charge in [0.2, 0.25) is 20.0 Å². The molecule has 0 bridgehead atoms. The maximum Gasteiger partial charge on any atom is 0.244 e. The van der Waals surface area contributed by atoms with E-state index in [4.69, 9.17) is 16.3 Å². The molecular formula is C16H19ClN2O5S2. The van der Waals surface area contributed by atoms with Gasteiger partial charge < -0.3 is 4.74 Å². The minimum Gasteiger partial charge on any atom is -0.495 e. The highest BCUT2D eigenvalue weighted by Crippen LogP contribution is 2.26. The molecule has 0 aromatic heterocycles. The number of ether oxygens (including phenoxy) is 1. The van der Waals surface area contributed by atoms with Crippen molar-refractivity contribution in [3.05, 3.63) is 53.1 Å². The van der Waals surface area contributed by atoms with Crippen LogP contribution in [0.5, 0.6) is 5.75 Å². The Morgan fingerprint density at radius 3 is 2.08 bits per heavy atom. The Hall–Kier alpha value is -1.65. The molecule has 2 aromatic carbocycles. The van der Waals surface area contributed by atoms with Crippen LogP contribution in [0.15, 0.2) is 52.3 Å². The first-order chi connectivity index (χ1) is 12.2. The van der Waals surface area contributed by atoms with Crippen molar-refractivity contribution < 1.29 is 21.6 Å². The second-order valence-corrected chi connectivity index (χ2v) is 9.34. The third-order valence-electron chi connectivity index (χ3n) is 3.46. The number of sulfonamides is 2. The molecule has 0 atom stereocenters. The van der Waals surface area contributed by atoms with Crippen molar-refractivity contribution in [1.82, 2.24) is 9.44 Å². The van der Waals surface area contributed by atoms with Gasteiger partial charge in [-0.25, -0.2) is 26.3 Å². The number of halogens is 1. The molecule has 26 heavy (non-hydrogen) atoms. The topological polar surface area (TPSA) is 102 Å². The lowest BCUT2D eigenvalue weighted by atomic mass is 10.2. The Morgan fingerprint density at radius 2 is 1.50 bits per heavy atom. The molecule has 0 spiro atoms. The summed E-state index contributed by atoms with van der Waals surface area (Å²) in [4.78, 5) is -0.00337. The summed E-state index contributed by atoms with van der Waals surface area (Å²) in [6.45, 7) is 1.60. The van der Waals surface area contributed by atoms with Crippen molar-refractivity contribution in [2.24, 2.45) is 0 Å². The fourth-order valence-corrected chi connectivity index (χ4v) is 4.60. The highest BCUT2D eigenvalue weighted by molar-refractivity contribution is 7.90. The largest absolute Gasteiger partial charge is 0.495 e. The number of hydrogen-bond donors (Lipinski definition) is 2. The van der Waals surface area contributed by atoms with Gasteiger partial charge in [0.05, 0.1) is 12.0 Å². The highest BCUT2D eigenvalue weighted by Gasteiger charge is 2.20. The maximum absolute atomic E-state index is 12.4. The van der Waals surface area contributed by atoms with Crippen molar-refractivity contribution in [1.29, 1.82) is 0 Å². The predicted octanol–water partition coefficient (Wildman–Crippen LogP) is 1.91. The molecule has 0 amide bonds. The summed E-state index contributed by atoms with van der Waals surface area (Å²) in [7, 11) is -6.27. The van der Waals surface area contributed by atoms with Gasteiger partial charge in [-0.15, -0.1) is 0 Å². The lowest BCUT2D eigenvalue weighted by Gasteiger charge is -2.12. The molecule has 0 heterocycles. The van der Waals surface area contributed by atoms with Crippen LogP contribution < -0.4 is 14.2 Å². The standard InChI is InChI=1S/C16H19ClN2O5S2/c1-12-3-6-14(7-4-12)25(20,21)18-9-10-19-26(22,23)16-11-13(17)5-8-15(16)24-2/h3-8,11,18-19H,9-10H2,1-2H3. The Labute approximate surface area is 158 Å². The van der Waals surface area contributed by atoms with E-state index in [1.54, 1.807) is 12.1 Å². The number of methoxy groups -OCH3 is 1. The lowest BCUT2D eigenvalue weighted by Crippen LogP contribution is -2.34. The minimum atomic E-state index is -3.91. The molecular weight excluding hydrogens is 400 g/mol. The molecule has 0 unspecified atom stereocenters. The van der Waals surface area contributed by atoms with E-state index < -0.39 is 20.0 Å². The van der Waals surface area contributed by atoms with Gasteiger partial charge in [-0.05, 0) is 37.3 Å². The highest BCUT2D eigenvalue weighted by atomic mass is 35.5. The molecule has 2 rings (SSSR count). The predicted molar refractivity (Wildman–Crippen MR) is 99.6 cm³/mol. The molecule has 0 radical (unpaired) electrons. The fraction of sp³-hybridized carbons (Fsp3) is 0.250. The van der Waals surface area contributed by atoms with Crippen molar-refractivity contribution in [2.45, 2.75) is 16.7 Å². The zero-order valence-corrected chi connectivity index (χ0v) is 16.6. The summed E-state index contributed by atoms with van der Waals surface area (Å²) in [6.07, 6.45) is 0. The molecule has 2 N–H and O–H groups in total. The van der Waals surface area contributed by atoms with Gasteiger partial charge in [-0.3, -0.25) is 0 Å².